The largest absolute Gasteiger partial charge is 0.338 e. The molecule has 1 heterocycles. The molecule has 2 rings (SSSR count). The SMILES string of the molecule is CC(C)(C)C1CCC(C(=O)N2CCCCCC2CCl)CC1. The van der Waals surface area contributed by atoms with E-state index in [1.54, 1.807) is 0 Å². The Morgan fingerprint density at radius 2 is 1.71 bits per heavy atom. The van der Waals surface area contributed by atoms with Crippen molar-refractivity contribution in [2.45, 2.75) is 78.2 Å². The van der Waals surface area contributed by atoms with E-state index in [9.17, 15) is 4.79 Å². The van der Waals surface area contributed by atoms with Crippen LogP contribution in [0.4, 0.5) is 0 Å². The zero-order valence-electron chi connectivity index (χ0n) is 14.0. The molecule has 3 heteroatoms. The van der Waals surface area contributed by atoms with Gasteiger partial charge in [0.25, 0.3) is 0 Å². The minimum Gasteiger partial charge on any atom is -0.338 e. The zero-order valence-corrected chi connectivity index (χ0v) is 14.8. The normalized spacial score (nSPS) is 31.8. The van der Waals surface area contributed by atoms with Gasteiger partial charge in [0, 0.05) is 24.4 Å². The summed E-state index contributed by atoms with van der Waals surface area (Å²) in [4.78, 5) is 15.0. The zero-order chi connectivity index (χ0) is 15.5. The highest BCUT2D eigenvalue weighted by Gasteiger charge is 2.35. The molecule has 0 N–H and O–H groups in total. The van der Waals surface area contributed by atoms with Crippen molar-refractivity contribution in [3.8, 4) is 0 Å². The van der Waals surface area contributed by atoms with Crippen molar-refractivity contribution in [3.05, 3.63) is 0 Å². The van der Waals surface area contributed by atoms with Crippen LogP contribution in [0.3, 0.4) is 0 Å². The first kappa shape index (κ1) is 17.1. The second-order valence-corrected chi connectivity index (χ2v) is 8.41. The van der Waals surface area contributed by atoms with Crippen LogP contribution in [0.5, 0.6) is 0 Å². The summed E-state index contributed by atoms with van der Waals surface area (Å²) in [6, 6.07) is 0.280. The van der Waals surface area contributed by atoms with Gasteiger partial charge in [-0.25, -0.2) is 0 Å². The molecular formula is C18H32ClNO. The van der Waals surface area contributed by atoms with E-state index in [-0.39, 0.29) is 12.0 Å². The molecule has 1 atom stereocenters. The standard InChI is InChI=1S/C18H32ClNO/c1-18(2,3)15-10-8-14(9-11-15)17(21)20-12-6-4-5-7-16(20)13-19/h14-16H,4-13H2,1-3H3. The van der Waals surface area contributed by atoms with E-state index in [4.69, 9.17) is 11.6 Å². The molecule has 1 unspecified atom stereocenters. The highest BCUT2D eigenvalue weighted by atomic mass is 35.5. The summed E-state index contributed by atoms with van der Waals surface area (Å²) >= 11 is 6.12. The molecule has 2 fully saturated rings. The number of carbonyl (C=O) groups excluding carboxylic acids is 1. The van der Waals surface area contributed by atoms with Crippen molar-refractivity contribution >= 4 is 17.5 Å². The van der Waals surface area contributed by atoms with Crippen molar-refractivity contribution < 1.29 is 4.79 Å². The van der Waals surface area contributed by atoms with Gasteiger partial charge in [0.1, 0.15) is 0 Å². The number of carbonyl (C=O) groups is 1. The predicted octanol–water partition coefficient (Wildman–Crippen LogP) is 4.85. The third-order valence-electron chi connectivity index (χ3n) is 5.64. The van der Waals surface area contributed by atoms with Crippen molar-refractivity contribution in [1.82, 2.24) is 4.90 Å². The lowest BCUT2D eigenvalue weighted by atomic mass is 9.69. The number of halogens is 1. The van der Waals surface area contributed by atoms with Crippen LogP contribution >= 0.6 is 11.6 Å². The molecule has 2 aliphatic rings. The molecule has 21 heavy (non-hydrogen) atoms. The molecule has 122 valence electrons. The molecule has 0 bridgehead atoms. The van der Waals surface area contributed by atoms with E-state index < -0.39 is 0 Å². The highest BCUT2D eigenvalue weighted by molar-refractivity contribution is 6.18. The Labute approximate surface area is 135 Å². The number of hydrogen-bond acceptors (Lipinski definition) is 1. The molecule has 1 aliphatic heterocycles. The first-order valence-electron chi connectivity index (χ1n) is 8.80. The lowest BCUT2D eigenvalue weighted by molar-refractivity contribution is -0.139. The van der Waals surface area contributed by atoms with Crippen molar-refractivity contribution in [1.29, 1.82) is 0 Å². The van der Waals surface area contributed by atoms with E-state index in [0.717, 1.165) is 38.1 Å². The quantitative estimate of drug-likeness (QED) is 0.667. The number of hydrogen-bond donors (Lipinski definition) is 0. The van der Waals surface area contributed by atoms with Crippen LogP contribution in [-0.4, -0.2) is 29.3 Å². The molecular weight excluding hydrogens is 282 g/mol. The highest BCUT2D eigenvalue weighted by Crippen LogP contribution is 2.40. The van der Waals surface area contributed by atoms with Crippen molar-refractivity contribution in [2.24, 2.45) is 17.3 Å². The molecule has 0 spiro atoms. The molecule has 0 aromatic rings. The smallest absolute Gasteiger partial charge is 0.225 e. The Balaban J connectivity index is 1.94. The van der Waals surface area contributed by atoms with Crippen LogP contribution in [-0.2, 0) is 4.79 Å². The fraction of sp³-hybridized carbons (Fsp3) is 0.944. The minimum absolute atomic E-state index is 0.257. The molecule has 0 aromatic carbocycles. The van der Waals surface area contributed by atoms with Gasteiger partial charge in [0.05, 0.1) is 0 Å². The Bertz CT molecular complexity index is 342. The maximum Gasteiger partial charge on any atom is 0.225 e. The summed E-state index contributed by atoms with van der Waals surface area (Å²) in [7, 11) is 0. The molecule has 2 nitrogen and oxygen atoms in total. The number of alkyl halides is 1. The summed E-state index contributed by atoms with van der Waals surface area (Å²) in [6.45, 7) is 7.92. The van der Waals surface area contributed by atoms with E-state index >= 15 is 0 Å². The third-order valence-corrected chi connectivity index (χ3v) is 6.00. The Morgan fingerprint density at radius 1 is 1.05 bits per heavy atom. The van der Waals surface area contributed by atoms with Gasteiger partial charge in [0.2, 0.25) is 5.91 Å². The molecule has 1 saturated carbocycles. The monoisotopic (exact) mass is 313 g/mol. The van der Waals surface area contributed by atoms with Gasteiger partial charge in [-0.3, -0.25) is 4.79 Å². The van der Waals surface area contributed by atoms with E-state index in [1.807, 2.05) is 0 Å². The summed E-state index contributed by atoms with van der Waals surface area (Å²) in [5.41, 5.74) is 0.384. The van der Waals surface area contributed by atoms with Gasteiger partial charge in [-0.2, -0.15) is 0 Å². The van der Waals surface area contributed by atoms with Crippen molar-refractivity contribution in [3.63, 3.8) is 0 Å². The van der Waals surface area contributed by atoms with Gasteiger partial charge in [-0.05, 0) is 49.9 Å². The van der Waals surface area contributed by atoms with Crippen LogP contribution in [0.1, 0.15) is 72.1 Å². The Morgan fingerprint density at radius 3 is 2.29 bits per heavy atom. The molecule has 0 aromatic heterocycles. The van der Waals surface area contributed by atoms with Crippen LogP contribution in [0.2, 0.25) is 0 Å². The number of rotatable bonds is 2. The van der Waals surface area contributed by atoms with Crippen LogP contribution in [0, 0.1) is 17.3 Å². The topological polar surface area (TPSA) is 20.3 Å². The lowest BCUT2D eigenvalue weighted by Crippen LogP contribution is -2.45. The summed E-state index contributed by atoms with van der Waals surface area (Å²) in [6.07, 6.45) is 9.27. The minimum atomic E-state index is 0.257. The van der Waals surface area contributed by atoms with Crippen LogP contribution in [0.15, 0.2) is 0 Å². The number of amides is 1. The van der Waals surface area contributed by atoms with Crippen LogP contribution < -0.4 is 0 Å². The second kappa shape index (κ2) is 7.35. The average Bonchev–Trinajstić information content (AvgIpc) is 2.70. The van der Waals surface area contributed by atoms with Gasteiger partial charge < -0.3 is 4.90 Å². The van der Waals surface area contributed by atoms with E-state index in [1.165, 1.54) is 25.7 Å². The van der Waals surface area contributed by atoms with E-state index in [0.29, 0.717) is 17.2 Å². The predicted molar refractivity (Wildman–Crippen MR) is 89.6 cm³/mol. The third kappa shape index (κ3) is 4.37. The average molecular weight is 314 g/mol. The summed E-state index contributed by atoms with van der Waals surface area (Å²) in [5, 5.41) is 0. The Kier molecular flexibility index (Phi) is 5.99. The fourth-order valence-electron chi connectivity index (χ4n) is 4.07. The van der Waals surface area contributed by atoms with E-state index in [2.05, 4.69) is 25.7 Å². The molecule has 0 radical (unpaired) electrons. The van der Waals surface area contributed by atoms with Gasteiger partial charge in [-0.1, -0.05) is 33.6 Å². The van der Waals surface area contributed by atoms with Gasteiger partial charge in [-0.15, -0.1) is 11.6 Å². The molecule has 1 aliphatic carbocycles. The maximum atomic E-state index is 12.9. The van der Waals surface area contributed by atoms with Crippen LogP contribution in [0.25, 0.3) is 0 Å². The maximum absolute atomic E-state index is 12.9. The molecule has 1 saturated heterocycles. The number of likely N-dealkylation sites (tertiary alicyclic amines) is 1. The number of nitrogens with zero attached hydrogens (tertiary/aromatic N) is 1. The summed E-state index contributed by atoms with van der Waals surface area (Å²) in [5.74, 6) is 2.03. The Hall–Kier alpha value is -0.240. The fourth-order valence-corrected chi connectivity index (χ4v) is 4.39. The first-order chi connectivity index (χ1) is 9.93. The van der Waals surface area contributed by atoms with Gasteiger partial charge >= 0.3 is 0 Å². The molecule has 1 amide bonds. The lowest BCUT2D eigenvalue weighted by Gasteiger charge is -2.39. The van der Waals surface area contributed by atoms with Crippen molar-refractivity contribution in [2.75, 3.05) is 12.4 Å². The second-order valence-electron chi connectivity index (χ2n) is 8.10. The summed E-state index contributed by atoms with van der Waals surface area (Å²) < 4.78 is 0. The first-order valence-corrected chi connectivity index (χ1v) is 9.33. The van der Waals surface area contributed by atoms with Gasteiger partial charge in [0.15, 0.2) is 0 Å².